The molecule has 2 rings (SSSR count). The van der Waals surface area contributed by atoms with Gasteiger partial charge in [-0.1, -0.05) is 12.1 Å². The predicted octanol–water partition coefficient (Wildman–Crippen LogP) is 3.98. The van der Waals surface area contributed by atoms with Crippen LogP contribution in [0.15, 0.2) is 42.5 Å². The van der Waals surface area contributed by atoms with Gasteiger partial charge in [-0.05, 0) is 36.8 Å². The normalized spacial score (nSPS) is 12.4. The van der Waals surface area contributed by atoms with Gasteiger partial charge in [0.15, 0.2) is 0 Å². The minimum Gasteiger partial charge on any atom is -0.351 e. The van der Waals surface area contributed by atoms with E-state index >= 15 is 0 Å². The maximum absolute atomic E-state index is 13.5. The molecular weight excluding hydrogens is 383 g/mol. The molecule has 2 aromatic rings. The molecule has 0 aliphatic heterocycles. The van der Waals surface area contributed by atoms with Gasteiger partial charge in [0.25, 0.3) is 5.91 Å². The van der Waals surface area contributed by atoms with Crippen LogP contribution in [-0.4, -0.2) is 18.4 Å². The molecule has 4 nitrogen and oxygen atoms in total. The number of rotatable bonds is 6. The van der Waals surface area contributed by atoms with Crippen molar-refractivity contribution in [2.45, 2.75) is 25.6 Å². The Labute approximate surface area is 157 Å². The van der Waals surface area contributed by atoms with Gasteiger partial charge in [-0.3, -0.25) is 9.59 Å². The zero-order valence-corrected chi connectivity index (χ0v) is 14.7. The van der Waals surface area contributed by atoms with Gasteiger partial charge in [0.1, 0.15) is 11.6 Å². The second-order valence-electron chi connectivity index (χ2n) is 6.04. The highest BCUT2D eigenvalue weighted by atomic mass is 19.4. The Kier molecular flexibility index (Phi) is 6.71. The highest BCUT2D eigenvalue weighted by molar-refractivity contribution is 5.94. The lowest BCUT2D eigenvalue weighted by atomic mass is 10.0. The third kappa shape index (κ3) is 5.77. The minimum absolute atomic E-state index is 0.128. The molecule has 0 aliphatic rings. The summed E-state index contributed by atoms with van der Waals surface area (Å²) in [5.41, 5.74) is -0.903. The maximum Gasteiger partial charge on any atom is 0.416 e. The molecule has 0 radical (unpaired) electrons. The number of alkyl halides is 3. The molecule has 0 spiro atoms. The summed E-state index contributed by atoms with van der Waals surface area (Å²) in [5.74, 6) is -3.17. The Morgan fingerprint density at radius 1 is 1.07 bits per heavy atom. The van der Waals surface area contributed by atoms with E-state index in [-0.39, 0.29) is 24.1 Å². The van der Waals surface area contributed by atoms with E-state index in [1.807, 2.05) is 0 Å². The number of carbonyl (C=O) groups excluding carboxylic acids is 2. The van der Waals surface area contributed by atoms with Crippen molar-refractivity contribution in [2.24, 2.45) is 0 Å². The second kappa shape index (κ2) is 8.81. The van der Waals surface area contributed by atoms with Crippen molar-refractivity contribution in [2.75, 3.05) is 6.54 Å². The molecule has 0 saturated heterocycles. The molecule has 0 heterocycles. The SMILES string of the molecule is CC(NC(=O)CCNC(=O)c1ccc(F)cc1F)c1cccc(C(F)(F)F)c1. The Balaban J connectivity index is 1.86. The highest BCUT2D eigenvalue weighted by Gasteiger charge is 2.30. The topological polar surface area (TPSA) is 58.2 Å². The molecule has 1 unspecified atom stereocenters. The smallest absolute Gasteiger partial charge is 0.351 e. The number of halogens is 5. The first-order valence-electron chi connectivity index (χ1n) is 8.27. The zero-order chi connectivity index (χ0) is 20.9. The minimum atomic E-state index is -4.49. The summed E-state index contributed by atoms with van der Waals surface area (Å²) in [6, 6.07) is 6.39. The van der Waals surface area contributed by atoms with E-state index in [9.17, 15) is 31.5 Å². The van der Waals surface area contributed by atoms with Crippen molar-refractivity contribution in [3.8, 4) is 0 Å². The highest BCUT2D eigenvalue weighted by Crippen LogP contribution is 2.30. The number of amides is 2. The van der Waals surface area contributed by atoms with Crippen LogP contribution < -0.4 is 10.6 Å². The summed E-state index contributed by atoms with van der Waals surface area (Å²) < 4.78 is 64.6. The molecule has 0 aromatic heterocycles. The van der Waals surface area contributed by atoms with Gasteiger partial charge >= 0.3 is 6.18 Å². The number of nitrogens with one attached hydrogen (secondary N) is 2. The third-order valence-corrected chi connectivity index (χ3v) is 3.90. The van der Waals surface area contributed by atoms with E-state index in [0.29, 0.717) is 6.07 Å². The quantitative estimate of drug-likeness (QED) is 0.721. The lowest BCUT2D eigenvalue weighted by Gasteiger charge is -2.16. The monoisotopic (exact) mass is 400 g/mol. The van der Waals surface area contributed by atoms with E-state index in [0.717, 1.165) is 24.3 Å². The van der Waals surface area contributed by atoms with Crippen LogP contribution in [0.4, 0.5) is 22.0 Å². The second-order valence-corrected chi connectivity index (χ2v) is 6.04. The molecule has 0 aliphatic carbocycles. The van der Waals surface area contributed by atoms with Crippen LogP contribution in [0.2, 0.25) is 0 Å². The summed E-state index contributed by atoms with van der Waals surface area (Å²) in [5, 5.41) is 4.85. The van der Waals surface area contributed by atoms with Crippen LogP contribution in [0.1, 0.15) is 40.9 Å². The van der Waals surface area contributed by atoms with E-state index in [1.165, 1.54) is 19.1 Å². The summed E-state index contributed by atoms with van der Waals surface area (Å²) in [4.78, 5) is 23.8. The van der Waals surface area contributed by atoms with Crippen molar-refractivity contribution in [1.82, 2.24) is 10.6 Å². The molecule has 2 amide bonds. The van der Waals surface area contributed by atoms with Gasteiger partial charge < -0.3 is 10.6 Å². The molecule has 0 saturated carbocycles. The molecular formula is C19H17F5N2O2. The maximum atomic E-state index is 13.5. The van der Waals surface area contributed by atoms with Gasteiger partial charge in [0, 0.05) is 19.0 Å². The molecule has 28 heavy (non-hydrogen) atoms. The molecule has 0 fully saturated rings. The standard InChI is InChI=1S/C19H17F5N2O2/c1-11(12-3-2-4-13(9-12)19(22,23)24)26-17(27)7-8-25-18(28)15-6-5-14(20)10-16(15)21/h2-6,9-11H,7-8H2,1H3,(H,25,28)(H,26,27). The molecule has 2 N–H and O–H groups in total. The Hall–Kier alpha value is -2.97. The van der Waals surface area contributed by atoms with E-state index in [1.54, 1.807) is 0 Å². The van der Waals surface area contributed by atoms with Crippen LogP contribution in [0, 0.1) is 11.6 Å². The fourth-order valence-corrected chi connectivity index (χ4v) is 2.44. The average Bonchev–Trinajstić information content (AvgIpc) is 2.60. The van der Waals surface area contributed by atoms with Gasteiger partial charge in [-0.2, -0.15) is 13.2 Å². The van der Waals surface area contributed by atoms with Crippen LogP contribution in [0.25, 0.3) is 0 Å². The number of hydrogen-bond donors (Lipinski definition) is 2. The molecule has 1 atom stereocenters. The zero-order valence-electron chi connectivity index (χ0n) is 14.7. The fourth-order valence-electron chi connectivity index (χ4n) is 2.44. The molecule has 9 heteroatoms. The van der Waals surface area contributed by atoms with Crippen LogP contribution >= 0.6 is 0 Å². The van der Waals surface area contributed by atoms with E-state index in [4.69, 9.17) is 0 Å². The molecule has 2 aromatic carbocycles. The Morgan fingerprint density at radius 3 is 2.43 bits per heavy atom. The first-order valence-corrected chi connectivity index (χ1v) is 8.27. The van der Waals surface area contributed by atoms with Crippen LogP contribution in [0.3, 0.4) is 0 Å². The van der Waals surface area contributed by atoms with Gasteiger partial charge in [0.05, 0.1) is 17.2 Å². The molecule has 150 valence electrons. The van der Waals surface area contributed by atoms with Gasteiger partial charge in [-0.15, -0.1) is 0 Å². The summed E-state index contributed by atoms with van der Waals surface area (Å²) >= 11 is 0. The van der Waals surface area contributed by atoms with E-state index < -0.39 is 41.2 Å². The summed E-state index contributed by atoms with van der Waals surface area (Å²) in [6.07, 6.45) is -4.66. The lowest BCUT2D eigenvalue weighted by molar-refractivity contribution is -0.137. The fraction of sp³-hybridized carbons (Fsp3) is 0.263. The lowest BCUT2D eigenvalue weighted by Crippen LogP contribution is -2.32. The molecule has 0 bridgehead atoms. The van der Waals surface area contributed by atoms with Crippen LogP contribution in [-0.2, 0) is 11.0 Å². The summed E-state index contributed by atoms with van der Waals surface area (Å²) in [7, 11) is 0. The first kappa shape index (κ1) is 21.3. The van der Waals surface area contributed by atoms with Crippen molar-refractivity contribution in [3.63, 3.8) is 0 Å². The van der Waals surface area contributed by atoms with Gasteiger partial charge in [0.2, 0.25) is 5.91 Å². The van der Waals surface area contributed by atoms with Crippen molar-refractivity contribution in [3.05, 3.63) is 70.8 Å². The third-order valence-electron chi connectivity index (χ3n) is 3.90. The Morgan fingerprint density at radius 2 is 1.79 bits per heavy atom. The summed E-state index contributed by atoms with van der Waals surface area (Å²) in [6.45, 7) is 1.40. The largest absolute Gasteiger partial charge is 0.416 e. The number of hydrogen-bond acceptors (Lipinski definition) is 2. The van der Waals surface area contributed by atoms with E-state index in [2.05, 4.69) is 10.6 Å². The predicted molar refractivity (Wildman–Crippen MR) is 91.3 cm³/mol. The van der Waals surface area contributed by atoms with Crippen molar-refractivity contribution < 1.29 is 31.5 Å². The van der Waals surface area contributed by atoms with Crippen molar-refractivity contribution in [1.29, 1.82) is 0 Å². The van der Waals surface area contributed by atoms with Gasteiger partial charge in [-0.25, -0.2) is 8.78 Å². The Bertz CT molecular complexity index is 868. The first-order chi connectivity index (χ1) is 13.1. The van der Waals surface area contributed by atoms with Crippen LogP contribution in [0.5, 0.6) is 0 Å². The number of carbonyl (C=O) groups is 2. The average molecular weight is 400 g/mol. The number of benzene rings is 2. The van der Waals surface area contributed by atoms with Crippen molar-refractivity contribution >= 4 is 11.8 Å².